The molecule has 2 aromatic heterocycles. The molecule has 6 aromatic rings. The second kappa shape index (κ2) is 17.5. The first kappa shape index (κ1) is 38.8. The molecule has 0 aliphatic carbocycles. The Morgan fingerprint density at radius 3 is 2.02 bits per heavy atom. The van der Waals surface area contributed by atoms with Crippen molar-refractivity contribution < 1.29 is 9.90 Å². The summed E-state index contributed by atoms with van der Waals surface area (Å²) in [5.41, 5.74) is 9.86. The van der Waals surface area contributed by atoms with Gasteiger partial charge in [-0.15, -0.1) is 0 Å². The Morgan fingerprint density at radius 2 is 1.35 bits per heavy atom. The molecule has 7 rings (SSSR count). The van der Waals surface area contributed by atoms with E-state index in [9.17, 15) is 9.90 Å². The Morgan fingerprint density at radius 1 is 0.759 bits per heavy atom. The number of nitrogens with zero attached hydrogens (tertiary/aromatic N) is 5. The number of carbonyl (C=O) groups excluding carboxylic acids is 1. The molecule has 0 bridgehead atoms. The van der Waals surface area contributed by atoms with E-state index in [1.165, 1.54) is 38.7 Å². The molecule has 1 fully saturated rings. The average molecular weight is 725 g/mol. The fourth-order valence-electron chi connectivity index (χ4n) is 7.51. The van der Waals surface area contributed by atoms with Crippen molar-refractivity contribution in [1.29, 1.82) is 0 Å². The van der Waals surface area contributed by atoms with Crippen LogP contribution in [-0.4, -0.2) is 66.6 Å². The number of β-amino-alcohol motifs (C(OH)–C–C–N with tert-alkyl or cyclic N) is 1. The molecule has 1 saturated heterocycles. The van der Waals surface area contributed by atoms with E-state index in [2.05, 4.69) is 152 Å². The lowest BCUT2D eigenvalue weighted by molar-refractivity contribution is 0.0621. The van der Waals surface area contributed by atoms with E-state index in [4.69, 9.17) is 5.10 Å². The summed E-state index contributed by atoms with van der Waals surface area (Å²) in [6, 6.07) is 36.3. The molecule has 0 unspecified atom stereocenters. The Bertz CT molecular complexity index is 2130. The normalized spacial score (nSPS) is 15.3. The zero-order chi connectivity index (χ0) is 38.2. The molecule has 4 aromatic carbocycles. The Balaban J connectivity index is 0.000000259. The predicted octanol–water partition coefficient (Wildman–Crippen LogP) is 8.00. The molecule has 2 atom stereocenters. The van der Waals surface area contributed by atoms with E-state index in [0.29, 0.717) is 18.8 Å². The number of rotatable bonds is 13. The third-order valence-corrected chi connectivity index (χ3v) is 10.4. The van der Waals surface area contributed by atoms with Gasteiger partial charge in [0.15, 0.2) is 6.29 Å². The highest BCUT2D eigenvalue weighted by molar-refractivity contribution is 5.83. The lowest BCUT2D eigenvalue weighted by Gasteiger charge is -2.33. The number of hydrogen-bond acceptors (Lipinski definition) is 6. The predicted molar refractivity (Wildman–Crippen MR) is 219 cm³/mol. The number of carbonyl (C=O) groups is 1. The van der Waals surface area contributed by atoms with Crippen molar-refractivity contribution in [3.8, 4) is 0 Å². The van der Waals surface area contributed by atoms with Gasteiger partial charge in [-0.3, -0.25) is 19.1 Å². The highest BCUT2D eigenvalue weighted by Crippen LogP contribution is 2.25. The highest BCUT2D eigenvalue weighted by Gasteiger charge is 2.32. The summed E-state index contributed by atoms with van der Waals surface area (Å²) >= 11 is 0. The number of aliphatic hydroxyl groups excluding tert-OH is 1. The largest absolute Gasteiger partial charge is 0.390 e. The molecule has 1 aliphatic heterocycles. The standard InChI is InChI=1S/C33H42N4O.C13H14N2O/c1-24-11-13-26(14-12-24)22-37-30(18-25(2)35-37)23-36-17-7-10-31(36)32(38)21-34-33(3,4)20-27-15-16-28-8-5-6-9-29(28)19-27;1-10-3-5-12(6-4-10)8-15-13(9-16)7-11(2)14-15/h5-6,8-9,11-16,18-19,31-32,34,38H,7,10,17,20-23H2,1-4H3;3-7,9H,8H2,1-2H3/t31-,32-;/m1./s1. The quantitative estimate of drug-likeness (QED) is 0.118. The fraction of sp³-hybridized carbons (Fsp3) is 0.370. The van der Waals surface area contributed by atoms with E-state index in [-0.39, 0.29) is 11.6 Å². The second-order valence-electron chi connectivity index (χ2n) is 15.8. The minimum absolute atomic E-state index is 0.114. The van der Waals surface area contributed by atoms with Crippen LogP contribution in [0.4, 0.5) is 0 Å². The highest BCUT2D eigenvalue weighted by atomic mass is 16.3. The van der Waals surface area contributed by atoms with Crippen LogP contribution in [0.15, 0.2) is 103 Å². The number of likely N-dealkylation sites (tertiary alicyclic amines) is 1. The third-order valence-electron chi connectivity index (χ3n) is 10.4. The molecule has 3 heterocycles. The molecule has 282 valence electrons. The van der Waals surface area contributed by atoms with Crippen LogP contribution >= 0.6 is 0 Å². The van der Waals surface area contributed by atoms with Crippen LogP contribution in [0.1, 0.15) is 82.1 Å². The number of aromatic nitrogens is 4. The molecular weight excluding hydrogens is 669 g/mol. The van der Waals surface area contributed by atoms with E-state index < -0.39 is 6.10 Å². The van der Waals surface area contributed by atoms with Crippen molar-refractivity contribution in [3.63, 3.8) is 0 Å². The van der Waals surface area contributed by atoms with E-state index in [1.807, 2.05) is 6.92 Å². The molecule has 0 radical (unpaired) electrons. The summed E-state index contributed by atoms with van der Waals surface area (Å²) in [4.78, 5) is 13.3. The number of nitrogens with one attached hydrogen (secondary N) is 1. The van der Waals surface area contributed by atoms with Crippen molar-refractivity contribution in [1.82, 2.24) is 29.8 Å². The zero-order valence-electron chi connectivity index (χ0n) is 32.8. The van der Waals surface area contributed by atoms with Crippen molar-refractivity contribution in [2.24, 2.45) is 0 Å². The minimum Gasteiger partial charge on any atom is -0.390 e. The third kappa shape index (κ3) is 10.4. The van der Waals surface area contributed by atoms with Crippen LogP contribution in [0, 0.1) is 27.7 Å². The maximum atomic E-state index is 11.3. The van der Waals surface area contributed by atoms with Crippen molar-refractivity contribution >= 4 is 17.1 Å². The number of fused-ring (bicyclic) bond motifs is 1. The van der Waals surface area contributed by atoms with Gasteiger partial charge in [-0.05, 0) is 107 Å². The Hall–Kier alpha value is -4.89. The maximum Gasteiger partial charge on any atom is 0.168 e. The molecule has 0 amide bonds. The first-order valence-electron chi connectivity index (χ1n) is 19.2. The van der Waals surface area contributed by atoms with Gasteiger partial charge < -0.3 is 10.4 Å². The molecule has 1 aliphatic rings. The van der Waals surface area contributed by atoms with Crippen LogP contribution in [0.3, 0.4) is 0 Å². The number of aliphatic hydroxyl groups is 1. The molecular formula is C46H56N6O2. The van der Waals surface area contributed by atoms with Gasteiger partial charge in [0, 0.05) is 24.7 Å². The lowest BCUT2D eigenvalue weighted by Crippen LogP contribution is -2.50. The maximum absolute atomic E-state index is 11.3. The molecule has 2 N–H and O–H groups in total. The van der Waals surface area contributed by atoms with Gasteiger partial charge in [0.2, 0.25) is 0 Å². The zero-order valence-corrected chi connectivity index (χ0v) is 32.8. The summed E-state index contributed by atoms with van der Waals surface area (Å²) in [5.74, 6) is 0. The van der Waals surface area contributed by atoms with Crippen molar-refractivity contribution in [3.05, 3.63) is 154 Å². The number of benzene rings is 4. The van der Waals surface area contributed by atoms with Gasteiger partial charge in [-0.25, -0.2) is 0 Å². The van der Waals surface area contributed by atoms with Crippen LogP contribution < -0.4 is 5.32 Å². The average Bonchev–Trinajstić information content (AvgIpc) is 3.87. The first-order chi connectivity index (χ1) is 25.9. The van der Waals surface area contributed by atoms with Crippen molar-refractivity contribution in [2.75, 3.05) is 13.1 Å². The minimum atomic E-state index is -0.414. The number of hydrogen-bond donors (Lipinski definition) is 2. The first-order valence-corrected chi connectivity index (χ1v) is 19.2. The SMILES string of the molecule is Cc1ccc(Cn2nc(C)cc2C=O)cc1.Cc1ccc(Cn2nc(C)cc2CN2CCC[C@@H]2[C@H](O)CNC(C)(C)Cc2ccc3ccccc3c2)cc1. The molecule has 0 saturated carbocycles. The van der Waals surface area contributed by atoms with Crippen LogP contribution in [-0.2, 0) is 26.1 Å². The number of aryl methyl sites for hydroxylation is 4. The Labute approximate surface area is 320 Å². The van der Waals surface area contributed by atoms with Gasteiger partial charge in [0.25, 0.3) is 0 Å². The van der Waals surface area contributed by atoms with E-state index >= 15 is 0 Å². The molecule has 8 nitrogen and oxygen atoms in total. The van der Waals surface area contributed by atoms with Gasteiger partial charge in [0.05, 0.1) is 36.3 Å². The van der Waals surface area contributed by atoms with E-state index in [1.54, 1.807) is 10.7 Å². The molecule has 54 heavy (non-hydrogen) atoms. The topological polar surface area (TPSA) is 88.2 Å². The van der Waals surface area contributed by atoms with Crippen LogP contribution in [0.25, 0.3) is 10.8 Å². The molecule has 0 spiro atoms. The summed E-state index contributed by atoms with van der Waals surface area (Å²) in [5, 5.41) is 26.6. The van der Waals surface area contributed by atoms with Gasteiger partial charge in [-0.2, -0.15) is 10.2 Å². The summed E-state index contributed by atoms with van der Waals surface area (Å²) in [6.45, 7) is 16.4. The van der Waals surface area contributed by atoms with Crippen LogP contribution in [0.5, 0.6) is 0 Å². The molecule has 8 heteroatoms. The monoisotopic (exact) mass is 724 g/mol. The van der Waals surface area contributed by atoms with Gasteiger partial charge in [0.1, 0.15) is 5.69 Å². The number of aldehydes is 1. The smallest absolute Gasteiger partial charge is 0.168 e. The van der Waals surface area contributed by atoms with Gasteiger partial charge in [-0.1, -0.05) is 102 Å². The van der Waals surface area contributed by atoms with Gasteiger partial charge >= 0.3 is 0 Å². The van der Waals surface area contributed by atoms with Crippen LogP contribution in [0.2, 0.25) is 0 Å². The summed E-state index contributed by atoms with van der Waals surface area (Å²) < 4.78 is 3.86. The van der Waals surface area contributed by atoms with E-state index in [0.717, 1.165) is 62.1 Å². The summed E-state index contributed by atoms with van der Waals surface area (Å²) in [6.07, 6.45) is 3.49. The Kier molecular flexibility index (Phi) is 12.6. The second-order valence-corrected chi connectivity index (χ2v) is 15.8. The van der Waals surface area contributed by atoms with Crippen molar-refractivity contribution in [2.45, 2.75) is 98.1 Å². The lowest BCUT2D eigenvalue weighted by atomic mass is 9.93. The fourth-order valence-corrected chi connectivity index (χ4v) is 7.51. The summed E-state index contributed by atoms with van der Waals surface area (Å²) in [7, 11) is 0.